The fourth-order valence-electron chi connectivity index (χ4n) is 3.14. The fraction of sp³-hybridized carbons (Fsp3) is 0.600. The van der Waals surface area contributed by atoms with Crippen molar-refractivity contribution in [2.75, 3.05) is 26.2 Å². The molecule has 3 N–H and O–H groups in total. The third kappa shape index (κ3) is 6.75. The molecule has 2 aliphatic rings. The van der Waals surface area contributed by atoms with Gasteiger partial charge in [0.1, 0.15) is 0 Å². The Balaban J connectivity index is 0.00000300. The molecule has 1 amide bonds. The Morgan fingerprint density at radius 2 is 1.86 bits per heavy atom. The van der Waals surface area contributed by atoms with E-state index in [2.05, 4.69) is 20.9 Å². The molecule has 0 bridgehead atoms. The first-order valence-corrected chi connectivity index (χ1v) is 9.82. The molecule has 5 nitrogen and oxygen atoms in total. The zero-order chi connectivity index (χ0) is 20.2. The van der Waals surface area contributed by atoms with E-state index in [0.29, 0.717) is 37.7 Å². The first-order valence-electron chi connectivity index (χ1n) is 9.82. The molecular weight excluding hydrogens is 496 g/mol. The van der Waals surface area contributed by atoms with Crippen LogP contribution in [0.4, 0.5) is 13.2 Å². The van der Waals surface area contributed by atoms with E-state index in [1.807, 2.05) is 6.92 Å². The summed E-state index contributed by atoms with van der Waals surface area (Å²) in [6.45, 7) is 4.11. The SMILES string of the molecule is CCNC(=NCC1(c2cccc(C(F)(F)F)c2)CC1)NCCNC(=O)C1CC1.I. The van der Waals surface area contributed by atoms with Crippen molar-refractivity contribution in [2.24, 2.45) is 10.9 Å². The minimum Gasteiger partial charge on any atom is -0.357 e. The molecule has 29 heavy (non-hydrogen) atoms. The van der Waals surface area contributed by atoms with Gasteiger partial charge < -0.3 is 16.0 Å². The predicted octanol–water partition coefficient (Wildman–Crippen LogP) is 3.44. The third-order valence-electron chi connectivity index (χ3n) is 5.20. The maximum absolute atomic E-state index is 13.0. The van der Waals surface area contributed by atoms with Gasteiger partial charge >= 0.3 is 6.18 Å². The van der Waals surface area contributed by atoms with Gasteiger partial charge in [-0.25, -0.2) is 0 Å². The highest BCUT2D eigenvalue weighted by atomic mass is 127. The van der Waals surface area contributed by atoms with Crippen LogP contribution in [0, 0.1) is 5.92 Å². The van der Waals surface area contributed by atoms with Gasteiger partial charge in [0, 0.05) is 31.0 Å². The molecule has 0 aromatic heterocycles. The number of hydrogen-bond acceptors (Lipinski definition) is 2. The van der Waals surface area contributed by atoms with Gasteiger partial charge in [0.25, 0.3) is 0 Å². The topological polar surface area (TPSA) is 65.5 Å². The van der Waals surface area contributed by atoms with E-state index in [4.69, 9.17) is 0 Å². The number of halogens is 4. The molecule has 2 fully saturated rings. The van der Waals surface area contributed by atoms with Gasteiger partial charge in [0.05, 0.1) is 12.1 Å². The van der Waals surface area contributed by atoms with Crippen LogP contribution in [0.25, 0.3) is 0 Å². The summed E-state index contributed by atoms with van der Waals surface area (Å²) in [7, 11) is 0. The minimum atomic E-state index is -4.34. The number of aliphatic imine (C=N–C) groups is 1. The number of hydrogen-bond donors (Lipinski definition) is 3. The molecule has 0 saturated heterocycles. The highest BCUT2D eigenvalue weighted by Gasteiger charge is 2.45. The monoisotopic (exact) mass is 524 g/mol. The Hall–Kier alpha value is -1.52. The molecule has 0 spiro atoms. The summed E-state index contributed by atoms with van der Waals surface area (Å²) in [4.78, 5) is 16.2. The van der Waals surface area contributed by atoms with Gasteiger partial charge in [-0.1, -0.05) is 18.2 Å². The largest absolute Gasteiger partial charge is 0.416 e. The summed E-state index contributed by atoms with van der Waals surface area (Å²) in [6, 6.07) is 5.57. The lowest BCUT2D eigenvalue weighted by Gasteiger charge is -2.17. The van der Waals surface area contributed by atoms with Crippen LogP contribution in [0.2, 0.25) is 0 Å². The zero-order valence-corrected chi connectivity index (χ0v) is 18.8. The molecule has 9 heteroatoms. The molecule has 1 aromatic rings. The lowest BCUT2D eigenvalue weighted by Crippen LogP contribution is -2.42. The van der Waals surface area contributed by atoms with Gasteiger partial charge in [-0.2, -0.15) is 13.2 Å². The highest BCUT2D eigenvalue weighted by Crippen LogP contribution is 2.49. The van der Waals surface area contributed by atoms with Crippen molar-refractivity contribution in [1.29, 1.82) is 0 Å². The average Bonchev–Trinajstić information content (AvgIpc) is 3.56. The van der Waals surface area contributed by atoms with Gasteiger partial charge in [-0.15, -0.1) is 24.0 Å². The van der Waals surface area contributed by atoms with Crippen LogP contribution in [-0.2, 0) is 16.4 Å². The van der Waals surface area contributed by atoms with Crippen molar-refractivity contribution >= 4 is 35.8 Å². The molecule has 1 aromatic carbocycles. The van der Waals surface area contributed by atoms with Crippen molar-refractivity contribution in [3.05, 3.63) is 35.4 Å². The number of benzene rings is 1. The summed E-state index contributed by atoms with van der Waals surface area (Å²) in [5.41, 5.74) is -0.237. The summed E-state index contributed by atoms with van der Waals surface area (Å²) in [5.74, 6) is 0.899. The van der Waals surface area contributed by atoms with Crippen LogP contribution >= 0.6 is 24.0 Å². The van der Waals surface area contributed by atoms with E-state index in [0.717, 1.165) is 31.7 Å². The van der Waals surface area contributed by atoms with E-state index in [9.17, 15) is 18.0 Å². The lowest BCUT2D eigenvalue weighted by atomic mass is 9.94. The van der Waals surface area contributed by atoms with Crippen LogP contribution in [0.15, 0.2) is 29.3 Å². The molecule has 0 radical (unpaired) electrons. The Bertz CT molecular complexity index is 731. The first kappa shape index (κ1) is 23.8. The van der Waals surface area contributed by atoms with Crippen LogP contribution in [0.1, 0.15) is 43.7 Å². The van der Waals surface area contributed by atoms with Crippen molar-refractivity contribution < 1.29 is 18.0 Å². The molecule has 0 atom stereocenters. The van der Waals surface area contributed by atoms with E-state index >= 15 is 0 Å². The maximum Gasteiger partial charge on any atom is 0.416 e. The number of alkyl halides is 3. The zero-order valence-electron chi connectivity index (χ0n) is 16.4. The highest BCUT2D eigenvalue weighted by molar-refractivity contribution is 14.0. The Morgan fingerprint density at radius 1 is 1.17 bits per heavy atom. The van der Waals surface area contributed by atoms with Crippen LogP contribution in [0.3, 0.4) is 0 Å². The van der Waals surface area contributed by atoms with E-state index in [-0.39, 0.29) is 41.2 Å². The Morgan fingerprint density at radius 3 is 2.45 bits per heavy atom. The maximum atomic E-state index is 13.0. The van der Waals surface area contributed by atoms with Crippen LogP contribution in [0.5, 0.6) is 0 Å². The van der Waals surface area contributed by atoms with Crippen molar-refractivity contribution in [2.45, 2.75) is 44.2 Å². The molecule has 2 saturated carbocycles. The Labute approximate surface area is 186 Å². The summed E-state index contributed by atoms with van der Waals surface area (Å²) >= 11 is 0. The van der Waals surface area contributed by atoms with E-state index in [1.165, 1.54) is 12.1 Å². The smallest absolute Gasteiger partial charge is 0.357 e. The van der Waals surface area contributed by atoms with E-state index < -0.39 is 11.7 Å². The van der Waals surface area contributed by atoms with Gasteiger partial charge in [-0.3, -0.25) is 9.79 Å². The molecular formula is C20H28F3IN4O. The van der Waals surface area contributed by atoms with Crippen molar-refractivity contribution in [3.63, 3.8) is 0 Å². The molecule has 0 heterocycles. The standard InChI is InChI=1S/C20H27F3N4O.HI/c1-2-24-18(26-11-10-25-17(28)14-6-7-14)27-13-19(8-9-19)15-4-3-5-16(12-15)20(21,22)23;/h3-5,12,14H,2,6-11,13H2,1H3,(H,25,28)(H2,24,26,27);1H. The predicted molar refractivity (Wildman–Crippen MR) is 117 cm³/mol. The second-order valence-corrected chi connectivity index (χ2v) is 7.55. The van der Waals surface area contributed by atoms with Crippen LogP contribution in [-0.4, -0.2) is 38.0 Å². The second-order valence-electron chi connectivity index (χ2n) is 7.55. The normalized spacial score (nSPS) is 17.9. The molecule has 0 aliphatic heterocycles. The minimum absolute atomic E-state index is 0. The lowest BCUT2D eigenvalue weighted by molar-refractivity contribution is -0.137. The van der Waals surface area contributed by atoms with Crippen molar-refractivity contribution in [1.82, 2.24) is 16.0 Å². The van der Waals surface area contributed by atoms with E-state index in [1.54, 1.807) is 6.07 Å². The number of carbonyl (C=O) groups excluding carboxylic acids is 1. The quantitative estimate of drug-likeness (QED) is 0.211. The third-order valence-corrected chi connectivity index (χ3v) is 5.20. The summed E-state index contributed by atoms with van der Waals surface area (Å²) in [5, 5.41) is 9.19. The number of nitrogens with one attached hydrogen (secondary N) is 3. The second kappa shape index (κ2) is 9.99. The number of rotatable bonds is 8. The summed E-state index contributed by atoms with van der Waals surface area (Å²) < 4.78 is 39.0. The number of carbonyl (C=O) groups is 1. The van der Waals surface area contributed by atoms with Gasteiger partial charge in [0.2, 0.25) is 5.91 Å². The van der Waals surface area contributed by atoms with Crippen molar-refractivity contribution in [3.8, 4) is 0 Å². The molecule has 162 valence electrons. The first-order chi connectivity index (χ1) is 13.3. The number of guanidine groups is 1. The molecule has 3 rings (SSSR count). The van der Waals surface area contributed by atoms with Crippen LogP contribution < -0.4 is 16.0 Å². The van der Waals surface area contributed by atoms with Gasteiger partial charge in [0.15, 0.2) is 5.96 Å². The van der Waals surface area contributed by atoms with Gasteiger partial charge in [-0.05, 0) is 44.2 Å². The fourth-order valence-corrected chi connectivity index (χ4v) is 3.14. The number of amides is 1. The average molecular weight is 524 g/mol. The molecule has 0 unspecified atom stereocenters. The Kier molecular flexibility index (Phi) is 8.18. The summed E-state index contributed by atoms with van der Waals surface area (Å²) in [6.07, 6.45) is -0.734. The molecule has 2 aliphatic carbocycles. The number of nitrogens with zero attached hydrogens (tertiary/aromatic N) is 1.